The molecule has 0 fully saturated rings. The maximum atomic E-state index is 13.3. The summed E-state index contributed by atoms with van der Waals surface area (Å²) in [6.45, 7) is 1.65. The zero-order valence-corrected chi connectivity index (χ0v) is 17.5. The van der Waals surface area contributed by atoms with Crippen LogP contribution in [-0.4, -0.2) is 65.5 Å². The fourth-order valence-corrected chi connectivity index (χ4v) is 3.78. The number of carboxylic acids is 1. The van der Waals surface area contributed by atoms with Crippen LogP contribution in [0.3, 0.4) is 0 Å². The van der Waals surface area contributed by atoms with Gasteiger partial charge in [0.05, 0.1) is 12.8 Å². The van der Waals surface area contributed by atoms with E-state index in [0.717, 1.165) is 5.69 Å². The summed E-state index contributed by atoms with van der Waals surface area (Å²) < 4.78 is 6.62. The van der Waals surface area contributed by atoms with Gasteiger partial charge in [0.1, 0.15) is 11.4 Å². The fraction of sp³-hybridized carbons (Fsp3) is 0.261. The Morgan fingerprint density at radius 3 is 2.52 bits per heavy atom. The highest BCUT2D eigenvalue weighted by Gasteiger charge is 2.34. The van der Waals surface area contributed by atoms with Crippen LogP contribution in [0.5, 0.6) is 5.75 Å². The Morgan fingerprint density at radius 2 is 1.87 bits per heavy atom. The third kappa shape index (κ3) is 3.96. The number of carbonyl (C=O) groups is 2. The molecule has 160 valence electrons. The molecular weight excluding hydrogens is 396 g/mol. The number of aromatic nitrogens is 2. The highest BCUT2D eigenvalue weighted by molar-refractivity contribution is 5.99. The average molecular weight is 420 g/mol. The molecule has 1 aromatic heterocycles. The van der Waals surface area contributed by atoms with E-state index in [-0.39, 0.29) is 11.6 Å². The van der Waals surface area contributed by atoms with Gasteiger partial charge in [-0.2, -0.15) is 5.10 Å². The van der Waals surface area contributed by atoms with Crippen LogP contribution in [0.4, 0.5) is 5.69 Å². The number of likely N-dealkylation sites (N-methyl/N-ethyl adjacent to an activating group) is 1. The van der Waals surface area contributed by atoms with Gasteiger partial charge in [0.2, 0.25) is 0 Å². The Hall–Kier alpha value is -3.81. The Balaban J connectivity index is 1.61. The Morgan fingerprint density at radius 1 is 1.16 bits per heavy atom. The number of nitrogens with zero attached hydrogens (tertiary/aromatic N) is 4. The van der Waals surface area contributed by atoms with Crippen molar-refractivity contribution in [3.05, 3.63) is 71.5 Å². The normalized spacial score (nSPS) is 13.1. The lowest BCUT2D eigenvalue weighted by Crippen LogP contribution is -2.42. The largest absolute Gasteiger partial charge is 0.497 e. The molecule has 8 nitrogen and oxygen atoms in total. The van der Waals surface area contributed by atoms with Crippen molar-refractivity contribution in [2.24, 2.45) is 0 Å². The molecule has 0 radical (unpaired) electrons. The summed E-state index contributed by atoms with van der Waals surface area (Å²) in [5, 5.41) is 13.9. The molecule has 0 unspecified atom stereocenters. The van der Waals surface area contributed by atoms with Gasteiger partial charge in [-0.05, 0) is 42.8 Å². The van der Waals surface area contributed by atoms with Crippen molar-refractivity contribution >= 4 is 17.6 Å². The quantitative estimate of drug-likeness (QED) is 0.632. The predicted molar refractivity (Wildman–Crippen MR) is 116 cm³/mol. The molecule has 4 rings (SSSR count). The topological polar surface area (TPSA) is 87.9 Å². The van der Waals surface area contributed by atoms with Gasteiger partial charge in [-0.25, -0.2) is 9.48 Å². The second-order valence-electron chi connectivity index (χ2n) is 7.39. The van der Waals surface area contributed by atoms with Crippen LogP contribution in [0.15, 0.2) is 54.6 Å². The summed E-state index contributed by atoms with van der Waals surface area (Å²) in [4.78, 5) is 28.9. The number of carbonyl (C=O) groups excluding carboxylic acids is 1. The van der Waals surface area contributed by atoms with E-state index < -0.39 is 5.97 Å². The third-order valence-electron chi connectivity index (χ3n) is 5.53. The molecule has 0 spiro atoms. The summed E-state index contributed by atoms with van der Waals surface area (Å²) in [5.74, 6) is -0.674. The smallest absolute Gasteiger partial charge is 0.356 e. The monoisotopic (exact) mass is 420 g/mol. The molecule has 0 saturated heterocycles. The standard InChI is InChI=1S/C23H24N4O4/c1-25(16-6-4-3-5-7-16)14-15-26-13-12-19-20(23(29)30)24-27(21(19)22(26)28)17-8-10-18(31-2)11-9-17/h3-11H,12-15H2,1-2H3,(H,29,30). The van der Waals surface area contributed by atoms with Crippen molar-refractivity contribution in [2.75, 3.05) is 38.7 Å². The summed E-state index contributed by atoms with van der Waals surface area (Å²) in [7, 11) is 3.56. The number of aromatic carboxylic acids is 1. The minimum atomic E-state index is -1.13. The van der Waals surface area contributed by atoms with Gasteiger partial charge >= 0.3 is 5.97 Å². The van der Waals surface area contributed by atoms with Crippen LogP contribution in [0.25, 0.3) is 5.69 Å². The summed E-state index contributed by atoms with van der Waals surface area (Å²) in [5.41, 5.74) is 2.42. The first kappa shape index (κ1) is 20.5. The van der Waals surface area contributed by atoms with Crippen LogP contribution in [0.2, 0.25) is 0 Å². The maximum Gasteiger partial charge on any atom is 0.356 e. The van der Waals surface area contributed by atoms with Crippen molar-refractivity contribution in [2.45, 2.75) is 6.42 Å². The number of carboxylic acid groups (broad SMARTS) is 1. The lowest BCUT2D eigenvalue weighted by Gasteiger charge is -2.30. The lowest BCUT2D eigenvalue weighted by molar-refractivity contribution is 0.0688. The van der Waals surface area contributed by atoms with Gasteiger partial charge in [0.15, 0.2) is 5.69 Å². The number of amides is 1. The van der Waals surface area contributed by atoms with Gasteiger partial charge in [-0.1, -0.05) is 18.2 Å². The highest BCUT2D eigenvalue weighted by Crippen LogP contribution is 2.26. The van der Waals surface area contributed by atoms with Crippen molar-refractivity contribution in [3.8, 4) is 11.4 Å². The molecule has 0 aliphatic carbocycles. The number of hydrogen-bond acceptors (Lipinski definition) is 5. The second-order valence-corrected chi connectivity index (χ2v) is 7.39. The molecule has 0 atom stereocenters. The van der Waals surface area contributed by atoms with Crippen molar-refractivity contribution in [1.82, 2.24) is 14.7 Å². The van der Waals surface area contributed by atoms with Gasteiger partial charge in [0.25, 0.3) is 5.91 Å². The predicted octanol–water partition coefficient (Wildman–Crippen LogP) is 2.71. The number of rotatable bonds is 7. The van der Waals surface area contributed by atoms with Crippen LogP contribution < -0.4 is 9.64 Å². The number of hydrogen-bond donors (Lipinski definition) is 1. The molecule has 1 N–H and O–H groups in total. The minimum Gasteiger partial charge on any atom is -0.497 e. The van der Waals surface area contributed by atoms with E-state index >= 15 is 0 Å². The third-order valence-corrected chi connectivity index (χ3v) is 5.53. The zero-order valence-electron chi connectivity index (χ0n) is 17.5. The molecule has 1 aliphatic heterocycles. The molecule has 2 heterocycles. The summed E-state index contributed by atoms with van der Waals surface area (Å²) in [6, 6.07) is 17.0. The van der Waals surface area contributed by atoms with Gasteiger partial charge < -0.3 is 19.6 Å². The number of para-hydroxylation sites is 1. The van der Waals surface area contributed by atoms with E-state index in [1.54, 1.807) is 36.3 Å². The fourth-order valence-electron chi connectivity index (χ4n) is 3.78. The van der Waals surface area contributed by atoms with Crippen LogP contribution in [-0.2, 0) is 6.42 Å². The van der Waals surface area contributed by atoms with E-state index in [4.69, 9.17) is 4.74 Å². The summed E-state index contributed by atoms with van der Waals surface area (Å²) in [6.07, 6.45) is 0.452. The second kappa shape index (κ2) is 8.51. The van der Waals surface area contributed by atoms with E-state index in [9.17, 15) is 14.7 Å². The van der Waals surface area contributed by atoms with Crippen LogP contribution in [0, 0.1) is 0 Å². The molecule has 1 aliphatic rings. The Kier molecular flexibility index (Phi) is 5.62. The van der Waals surface area contributed by atoms with E-state index in [0.29, 0.717) is 48.7 Å². The Labute approximate surface area is 180 Å². The van der Waals surface area contributed by atoms with Crippen LogP contribution >= 0.6 is 0 Å². The average Bonchev–Trinajstić information content (AvgIpc) is 3.20. The lowest BCUT2D eigenvalue weighted by atomic mass is 10.0. The first-order chi connectivity index (χ1) is 15.0. The van der Waals surface area contributed by atoms with Crippen molar-refractivity contribution in [1.29, 1.82) is 0 Å². The molecule has 31 heavy (non-hydrogen) atoms. The van der Waals surface area contributed by atoms with Gasteiger partial charge in [-0.15, -0.1) is 0 Å². The van der Waals surface area contributed by atoms with Crippen molar-refractivity contribution in [3.63, 3.8) is 0 Å². The SMILES string of the molecule is COc1ccc(-n2nc(C(=O)O)c3c2C(=O)N(CCN(C)c2ccccc2)CC3)cc1. The number of ether oxygens (including phenoxy) is 1. The van der Waals surface area contributed by atoms with Gasteiger partial charge in [-0.3, -0.25) is 4.79 Å². The first-order valence-electron chi connectivity index (χ1n) is 10.0. The maximum absolute atomic E-state index is 13.3. The molecule has 8 heteroatoms. The van der Waals surface area contributed by atoms with E-state index in [2.05, 4.69) is 10.00 Å². The van der Waals surface area contributed by atoms with Crippen molar-refractivity contribution < 1.29 is 19.4 Å². The van der Waals surface area contributed by atoms with Crippen LogP contribution in [0.1, 0.15) is 26.5 Å². The molecule has 0 saturated carbocycles. The number of fused-ring (bicyclic) bond motifs is 1. The molecular formula is C23H24N4O4. The Bertz CT molecular complexity index is 1090. The minimum absolute atomic E-state index is 0.0692. The first-order valence-corrected chi connectivity index (χ1v) is 10.0. The molecule has 0 bridgehead atoms. The van der Waals surface area contributed by atoms with Gasteiger partial charge in [0, 0.05) is 37.9 Å². The number of anilines is 1. The number of benzene rings is 2. The highest BCUT2D eigenvalue weighted by atomic mass is 16.5. The van der Waals surface area contributed by atoms with E-state index in [1.165, 1.54) is 4.68 Å². The summed E-state index contributed by atoms with van der Waals surface area (Å²) >= 11 is 0. The molecule has 2 aromatic carbocycles. The zero-order chi connectivity index (χ0) is 22.0. The molecule has 1 amide bonds. The molecule has 3 aromatic rings. The van der Waals surface area contributed by atoms with E-state index in [1.807, 2.05) is 37.4 Å². The number of methoxy groups -OCH3 is 1.